The second-order valence-electron chi connectivity index (χ2n) is 8.39. The molecule has 3 aromatic rings. The maximum Gasteiger partial charge on any atom is 0.330 e. The molecule has 2 aromatic heterocycles. The molecule has 11 nitrogen and oxygen atoms in total. The minimum atomic E-state index is -0.765. The lowest BCUT2D eigenvalue weighted by Crippen LogP contribution is -2.38. The van der Waals surface area contributed by atoms with Gasteiger partial charge in [0.15, 0.2) is 10.9 Å². The van der Waals surface area contributed by atoms with Crippen molar-refractivity contribution in [3.05, 3.63) is 56.2 Å². The highest BCUT2D eigenvalue weighted by molar-refractivity contribution is 7.99. The maximum atomic E-state index is 13.0. The Morgan fingerprint density at radius 3 is 2.56 bits per heavy atom. The molecule has 0 spiro atoms. The Morgan fingerprint density at radius 2 is 1.88 bits per heavy atom. The third-order valence-corrected chi connectivity index (χ3v) is 6.84. The number of aromatic amines is 1. The number of benzene rings is 1. The first-order chi connectivity index (χ1) is 16.4. The van der Waals surface area contributed by atoms with Crippen molar-refractivity contribution in [2.75, 3.05) is 42.7 Å². The van der Waals surface area contributed by atoms with Crippen LogP contribution in [-0.4, -0.2) is 62.2 Å². The fourth-order valence-corrected chi connectivity index (χ4v) is 4.80. The van der Waals surface area contributed by atoms with Gasteiger partial charge in [0.05, 0.1) is 24.7 Å². The lowest BCUT2D eigenvalue weighted by atomic mass is 10.2. The van der Waals surface area contributed by atoms with Gasteiger partial charge in [0.25, 0.3) is 5.56 Å². The van der Waals surface area contributed by atoms with Crippen LogP contribution in [0.25, 0.3) is 5.69 Å². The fourth-order valence-electron chi connectivity index (χ4n) is 3.98. The third-order valence-electron chi connectivity index (χ3n) is 5.91. The van der Waals surface area contributed by atoms with E-state index in [1.165, 1.54) is 16.3 Å². The lowest BCUT2D eigenvalue weighted by Gasteiger charge is -2.28. The van der Waals surface area contributed by atoms with Gasteiger partial charge in [-0.1, -0.05) is 29.5 Å². The van der Waals surface area contributed by atoms with Crippen LogP contribution in [0.3, 0.4) is 0 Å². The lowest BCUT2D eigenvalue weighted by molar-refractivity contribution is 0.102. The SMILES string of the molecule is Cc1ccc(-n2c(SCC(=O)c3c(N)n(C4CC4)c(=O)[nH]c3=O)nnc2N2CCOCC2)cc1. The van der Waals surface area contributed by atoms with Crippen molar-refractivity contribution in [2.45, 2.75) is 31.0 Å². The van der Waals surface area contributed by atoms with Gasteiger partial charge in [-0.3, -0.25) is 23.7 Å². The molecule has 0 radical (unpaired) electrons. The normalized spacial score (nSPS) is 16.1. The minimum absolute atomic E-state index is 0.0655. The predicted octanol–water partition coefficient (Wildman–Crippen LogP) is 1.15. The van der Waals surface area contributed by atoms with Gasteiger partial charge in [0, 0.05) is 19.1 Å². The number of anilines is 2. The maximum absolute atomic E-state index is 13.0. The van der Waals surface area contributed by atoms with Crippen LogP contribution in [-0.2, 0) is 4.74 Å². The number of carbonyl (C=O) groups is 1. The number of hydrogen-bond acceptors (Lipinski definition) is 9. The standard InChI is InChI=1S/C22H25N7O4S/c1-13-2-4-15(5-3-13)29-20(27-8-10-33-11-9-27)25-26-22(29)34-12-16(30)17-18(23)28(14-6-7-14)21(32)24-19(17)31/h2-5,14H,6-12,23H2,1H3,(H,24,31,32). The summed E-state index contributed by atoms with van der Waals surface area (Å²) in [5.74, 6) is 0.0469. The van der Waals surface area contributed by atoms with Crippen LogP contribution in [0.1, 0.15) is 34.8 Å². The molecule has 34 heavy (non-hydrogen) atoms. The summed E-state index contributed by atoms with van der Waals surface area (Å²) in [6.45, 7) is 4.57. The first kappa shape index (κ1) is 22.4. The van der Waals surface area contributed by atoms with E-state index in [0.29, 0.717) is 37.4 Å². The molecular weight excluding hydrogens is 458 g/mol. The number of nitrogens with zero attached hydrogens (tertiary/aromatic N) is 5. The Bertz CT molecular complexity index is 1330. The van der Waals surface area contributed by atoms with Crippen LogP contribution in [0.5, 0.6) is 0 Å². The van der Waals surface area contributed by atoms with Gasteiger partial charge >= 0.3 is 5.69 Å². The molecule has 3 heterocycles. The number of H-pyrrole nitrogens is 1. The number of ether oxygens (including phenoxy) is 1. The quantitative estimate of drug-likeness (QED) is 0.374. The van der Waals surface area contributed by atoms with E-state index in [1.54, 1.807) is 0 Å². The predicted molar refractivity (Wildman–Crippen MR) is 128 cm³/mol. The summed E-state index contributed by atoms with van der Waals surface area (Å²) < 4.78 is 8.68. The molecular formula is C22H25N7O4S. The number of nitrogens with one attached hydrogen (secondary N) is 1. The largest absolute Gasteiger partial charge is 0.384 e. The second kappa shape index (κ2) is 9.11. The molecule has 1 aliphatic carbocycles. The zero-order valence-corrected chi connectivity index (χ0v) is 19.5. The molecule has 5 rings (SSSR count). The van der Waals surface area contributed by atoms with E-state index in [1.807, 2.05) is 35.8 Å². The molecule has 1 saturated heterocycles. The van der Waals surface area contributed by atoms with E-state index < -0.39 is 17.0 Å². The highest BCUT2D eigenvalue weighted by atomic mass is 32.2. The summed E-state index contributed by atoms with van der Waals surface area (Å²) in [4.78, 5) is 41.9. The third kappa shape index (κ3) is 4.26. The van der Waals surface area contributed by atoms with Gasteiger partial charge < -0.3 is 15.4 Å². The molecule has 2 aliphatic rings. The summed E-state index contributed by atoms with van der Waals surface area (Å²) >= 11 is 1.17. The summed E-state index contributed by atoms with van der Waals surface area (Å²) in [5.41, 5.74) is 6.55. The number of carbonyl (C=O) groups excluding carboxylic acids is 1. The molecule has 1 aliphatic heterocycles. The van der Waals surface area contributed by atoms with E-state index in [2.05, 4.69) is 20.1 Å². The van der Waals surface area contributed by atoms with Crippen LogP contribution in [0.4, 0.5) is 11.8 Å². The molecule has 1 aromatic carbocycles. The molecule has 12 heteroatoms. The number of nitrogen functional groups attached to an aromatic ring is 1. The summed E-state index contributed by atoms with van der Waals surface area (Å²) in [5, 5.41) is 9.25. The zero-order valence-electron chi connectivity index (χ0n) is 18.7. The first-order valence-electron chi connectivity index (χ1n) is 11.1. The van der Waals surface area contributed by atoms with Crippen LogP contribution < -0.4 is 21.9 Å². The number of rotatable bonds is 7. The Labute approximate surface area is 198 Å². The Morgan fingerprint density at radius 1 is 1.18 bits per heavy atom. The fraction of sp³-hybridized carbons (Fsp3) is 0.409. The molecule has 3 N–H and O–H groups in total. The number of nitrogens with two attached hydrogens (primary N) is 1. The van der Waals surface area contributed by atoms with Gasteiger partial charge in [-0.2, -0.15) is 0 Å². The average molecular weight is 484 g/mol. The topological polar surface area (TPSA) is 141 Å². The Hall–Kier alpha value is -3.38. The van der Waals surface area contributed by atoms with Gasteiger partial charge in [-0.25, -0.2) is 4.79 Å². The van der Waals surface area contributed by atoms with E-state index in [-0.39, 0.29) is 23.2 Å². The average Bonchev–Trinajstić information content (AvgIpc) is 3.56. The van der Waals surface area contributed by atoms with E-state index in [9.17, 15) is 14.4 Å². The zero-order chi connectivity index (χ0) is 23.8. The van der Waals surface area contributed by atoms with Crippen molar-refractivity contribution in [1.82, 2.24) is 24.3 Å². The minimum Gasteiger partial charge on any atom is -0.384 e. The smallest absolute Gasteiger partial charge is 0.330 e. The highest BCUT2D eigenvalue weighted by Crippen LogP contribution is 2.35. The number of Topliss-reactive ketones (excluding diaryl/α,β-unsaturated/α-hetero) is 1. The van der Waals surface area contributed by atoms with Gasteiger partial charge in [0.2, 0.25) is 5.95 Å². The second-order valence-corrected chi connectivity index (χ2v) is 9.33. The van der Waals surface area contributed by atoms with Crippen molar-refractivity contribution < 1.29 is 9.53 Å². The number of aromatic nitrogens is 5. The van der Waals surface area contributed by atoms with Crippen molar-refractivity contribution in [3.63, 3.8) is 0 Å². The number of morpholine rings is 1. The first-order valence-corrected chi connectivity index (χ1v) is 12.1. The van der Waals surface area contributed by atoms with Crippen LogP contribution in [0, 0.1) is 6.92 Å². The molecule has 0 bridgehead atoms. The Balaban J connectivity index is 1.45. The van der Waals surface area contributed by atoms with E-state index in [4.69, 9.17) is 10.5 Å². The van der Waals surface area contributed by atoms with Crippen LogP contribution >= 0.6 is 11.8 Å². The van der Waals surface area contributed by atoms with E-state index >= 15 is 0 Å². The van der Waals surface area contributed by atoms with Crippen LogP contribution in [0.15, 0.2) is 39.0 Å². The van der Waals surface area contributed by atoms with Crippen molar-refractivity contribution in [2.24, 2.45) is 0 Å². The van der Waals surface area contributed by atoms with E-state index in [0.717, 1.165) is 24.1 Å². The molecule has 0 atom stereocenters. The highest BCUT2D eigenvalue weighted by Gasteiger charge is 2.30. The molecule has 0 amide bonds. The number of ketones is 1. The summed E-state index contributed by atoms with van der Waals surface area (Å²) in [7, 11) is 0. The molecule has 178 valence electrons. The van der Waals surface area contributed by atoms with Crippen LogP contribution in [0.2, 0.25) is 0 Å². The van der Waals surface area contributed by atoms with Gasteiger partial charge in [-0.05, 0) is 31.9 Å². The van der Waals surface area contributed by atoms with Crippen molar-refractivity contribution >= 4 is 29.3 Å². The number of thioether (sulfide) groups is 1. The summed E-state index contributed by atoms with van der Waals surface area (Å²) in [6.07, 6.45) is 1.59. The van der Waals surface area contributed by atoms with Gasteiger partial charge in [0.1, 0.15) is 11.4 Å². The summed E-state index contributed by atoms with van der Waals surface area (Å²) in [6, 6.07) is 7.88. The Kier molecular flexibility index (Phi) is 6.00. The number of hydrogen-bond donors (Lipinski definition) is 2. The molecule has 1 saturated carbocycles. The monoisotopic (exact) mass is 483 g/mol. The molecule has 0 unspecified atom stereocenters. The van der Waals surface area contributed by atoms with Crippen molar-refractivity contribution in [1.29, 1.82) is 0 Å². The molecule has 2 fully saturated rings. The van der Waals surface area contributed by atoms with Gasteiger partial charge in [-0.15, -0.1) is 10.2 Å². The number of aryl methyl sites for hydroxylation is 1. The van der Waals surface area contributed by atoms with Crippen molar-refractivity contribution in [3.8, 4) is 5.69 Å².